The molecule has 1 aliphatic heterocycles. The summed E-state index contributed by atoms with van der Waals surface area (Å²) in [6, 6.07) is 9.69. The zero-order valence-corrected chi connectivity index (χ0v) is 17.3. The molecule has 1 N–H and O–H groups in total. The molecule has 27 heavy (non-hydrogen) atoms. The first-order chi connectivity index (χ1) is 13.0. The first-order valence-electron chi connectivity index (χ1n) is 9.37. The van der Waals surface area contributed by atoms with Crippen molar-refractivity contribution in [2.24, 2.45) is 0 Å². The third-order valence-corrected chi connectivity index (χ3v) is 5.75. The Kier molecular flexibility index (Phi) is 6.96. The summed E-state index contributed by atoms with van der Waals surface area (Å²) in [6.07, 6.45) is 3.29. The molecule has 7 heteroatoms. The number of anilines is 1. The van der Waals surface area contributed by atoms with Gasteiger partial charge in [0.05, 0.1) is 0 Å². The van der Waals surface area contributed by atoms with Crippen molar-refractivity contribution in [2.75, 3.05) is 18.0 Å². The number of nitrogens with zero attached hydrogens (tertiary/aromatic N) is 3. The Labute approximate surface area is 169 Å². The highest BCUT2D eigenvalue weighted by molar-refractivity contribution is 7.98. The molecule has 0 radical (unpaired) electrons. The fourth-order valence-corrected chi connectivity index (χ4v) is 3.94. The quantitative estimate of drug-likeness (QED) is 0.416. The van der Waals surface area contributed by atoms with Crippen molar-refractivity contribution >= 4 is 35.1 Å². The Hall–Kier alpha value is -1.79. The maximum absolute atomic E-state index is 12.3. The minimum absolute atomic E-state index is 0.0356. The lowest BCUT2D eigenvalue weighted by Gasteiger charge is -2.16. The summed E-state index contributed by atoms with van der Waals surface area (Å²) in [5.41, 5.74) is 1.74. The zero-order valence-electron chi connectivity index (χ0n) is 15.7. The average molecular weight is 405 g/mol. The number of thioether (sulfide) groups is 1. The van der Waals surface area contributed by atoms with E-state index in [0.717, 1.165) is 30.9 Å². The van der Waals surface area contributed by atoms with E-state index in [-0.39, 0.29) is 11.9 Å². The number of hydrogen-bond donors (Lipinski definition) is 1. The van der Waals surface area contributed by atoms with Crippen LogP contribution in [0.2, 0.25) is 5.15 Å². The fraction of sp³-hybridized carbons (Fsp3) is 0.450. The van der Waals surface area contributed by atoms with Crippen LogP contribution in [0.1, 0.15) is 49.0 Å². The van der Waals surface area contributed by atoms with E-state index in [4.69, 9.17) is 11.6 Å². The van der Waals surface area contributed by atoms with Crippen molar-refractivity contribution in [3.8, 4) is 0 Å². The smallest absolute Gasteiger partial charge is 0.251 e. The summed E-state index contributed by atoms with van der Waals surface area (Å²) >= 11 is 7.73. The molecule has 0 spiro atoms. The Morgan fingerprint density at radius 1 is 1.30 bits per heavy atom. The van der Waals surface area contributed by atoms with Crippen molar-refractivity contribution in [1.82, 2.24) is 15.3 Å². The Morgan fingerprint density at radius 3 is 2.81 bits per heavy atom. The lowest BCUT2D eigenvalue weighted by Crippen LogP contribution is -2.31. The van der Waals surface area contributed by atoms with Gasteiger partial charge in [-0.1, -0.05) is 42.4 Å². The molecule has 0 saturated carbocycles. The number of rotatable bonds is 7. The Bertz CT molecular complexity index is 795. The minimum Gasteiger partial charge on any atom is -0.356 e. The zero-order chi connectivity index (χ0) is 19.2. The predicted molar refractivity (Wildman–Crippen MR) is 112 cm³/mol. The predicted octanol–water partition coefficient (Wildman–Crippen LogP) is 4.55. The molecule has 3 rings (SSSR count). The van der Waals surface area contributed by atoms with E-state index in [1.807, 2.05) is 37.3 Å². The van der Waals surface area contributed by atoms with Gasteiger partial charge in [0, 0.05) is 36.5 Å². The van der Waals surface area contributed by atoms with Gasteiger partial charge in [-0.25, -0.2) is 9.97 Å². The van der Waals surface area contributed by atoms with Crippen molar-refractivity contribution in [3.63, 3.8) is 0 Å². The topological polar surface area (TPSA) is 58.1 Å². The number of carbonyl (C=O) groups excluding carboxylic acids is 1. The number of aromatic nitrogens is 2. The van der Waals surface area contributed by atoms with Gasteiger partial charge in [-0.15, -0.1) is 0 Å². The summed E-state index contributed by atoms with van der Waals surface area (Å²) in [5, 5.41) is 4.13. The van der Waals surface area contributed by atoms with E-state index < -0.39 is 0 Å². The maximum Gasteiger partial charge on any atom is 0.251 e. The molecular weight excluding hydrogens is 380 g/mol. The number of amides is 1. The molecular formula is C20H25ClN4OS. The van der Waals surface area contributed by atoms with Gasteiger partial charge in [0.25, 0.3) is 5.91 Å². The number of benzene rings is 1. The van der Waals surface area contributed by atoms with E-state index in [0.29, 0.717) is 21.6 Å². The van der Waals surface area contributed by atoms with E-state index >= 15 is 0 Å². The molecule has 1 aromatic carbocycles. The molecule has 1 aliphatic rings. The van der Waals surface area contributed by atoms with Gasteiger partial charge in [-0.3, -0.25) is 4.79 Å². The Balaban J connectivity index is 1.66. The highest BCUT2D eigenvalue weighted by Crippen LogP contribution is 2.26. The van der Waals surface area contributed by atoms with E-state index in [1.54, 1.807) is 0 Å². The molecule has 2 aromatic rings. The van der Waals surface area contributed by atoms with Crippen LogP contribution in [-0.4, -0.2) is 35.0 Å². The van der Waals surface area contributed by atoms with E-state index in [2.05, 4.69) is 27.1 Å². The molecule has 1 fully saturated rings. The molecule has 144 valence electrons. The van der Waals surface area contributed by atoms with E-state index in [1.165, 1.54) is 24.6 Å². The molecule has 5 nitrogen and oxygen atoms in total. The molecule has 0 bridgehead atoms. The SMILES string of the molecule is CC[C@H](C)NC(=O)c1cccc(CSc2nc(Cl)cc(N3CCCC3)n2)c1. The van der Waals surface area contributed by atoms with Gasteiger partial charge in [0.1, 0.15) is 11.0 Å². The first kappa shape index (κ1) is 20.0. The summed E-state index contributed by atoms with van der Waals surface area (Å²) in [4.78, 5) is 23.6. The molecule has 1 aromatic heterocycles. The molecule has 1 atom stereocenters. The normalized spacial score (nSPS) is 15.0. The van der Waals surface area contributed by atoms with Crippen LogP contribution in [0.25, 0.3) is 0 Å². The van der Waals surface area contributed by atoms with Crippen molar-refractivity contribution in [3.05, 3.63) is 46.6 Å². The standard InChI is InChI=1S/C20H25ClN4OS/c1-3-14(2)22-19(26)16-8-6-7-15(11-16)13-27-20-23-17(21)12-18(24-20)25-9-4-5-10-25/h6-8,11-12,14H,3-5,9-10,13H2,1-2H3,(H,22,26)/t14-/m0/s1. The molecule has 1 saturated heterocycles. The molecule has 2 heterocycles. The Morgan fingerprint density at radius 2 is 2.07 bits per heavy atom. The third kappa shape index (κ3) is 5.59. The summed E-state index contributed by atoms with van der Waals surface area (Å²) in [6.45, 7) is 6.10. The summed E-state index contributed by atoms with van der Waals surface area (Å²) in [5.74, 6) is 1.55. The largest absolute Gasteiger partial charge is 0.356 e. The second-order valence-electron chi connectivity index (χ2n) is 6.80. The number of hydrogen-bond acceptors (Lipinski definition) is 5. The number of halogens is 1. The van der Waals surface area contributed by atoms with Crippen LogP contribution in [0.4, 0.5) is 5.82 Å². The number of carbonyl (C=O) groups is 1. The first-order valence-corrected chi connectivity index (χ1v) is 10.7. The van der Waals surface area contributed by atoms with Gasteiger partial charge < -0.3 is 10.2 Å². The molecule has 0 aliphatic carbocycles. The second-order valence-corrected chi connectivity index (χ2v) is 8.13. The second kappa shape index (κ2) is 9.42. The van der Waals surface area contributed by atoms with Crippen LogP contribution in [-0.2, 0) is 5.75 Å². The van der Waals surface area contributed by atoms with Crippen LogP contribution in [0.5, 0.6) is 0 Å². The van der Waals surface area contributed by atoms with Crippen LogP contribution in [0.15, 0.2) is 35.5 Å². The average Bonchev–Trinajstić information content (AvgIpc) is 3.21. The number of nitrogens with one attached hydrogen (secondary N) is 1. The molecule has 1 amide bonds. The van der Waals surface area contributed by atoms with Crippen LogP contribution in [0, 0.1) is 0 Å². The van der Waals surface area contributed by atoms with Gasteiger partial charge in [0.15, 0.2) is 5.16 Å². The summed E-state index contributed by atoms with van der Waals surface area (Å²) < 4.78 is 0. The van der Waals surface area contributed by atoms with E-state index in [9.17, 15) is 4.79 Å². The van der Waals surface area contributed by atoms with Gasteiger partial charge in [0.2, 0.25) is 0 Å². The molecule has 0 unspecified atom stereocenters. The van der Waals surface area contributed by atoms with Gasteiger partial charge in [-0.05, 0) is 43.9 Å². The monoisotopic (exact) mass is 404 g/mol. The maximum atomic E-state index is 12.3. The summed E-state index contributed by atoms with van der Waals surface area (Å²) in [7, 11) is 0. The van der Waals surface area contributed by atoms with Crippen LogP contribution >= 0.6 is 23.4 Å². The van der Waals surface area contributed by atoms with Crippen molar-refractivity contribution < 1.29 is 4.79 Å². The van der Waals surface area contributed by atoms with Crippen molar-refractivity contribution in [1.29, 1.82) is 0 Å². The van der Waals surface area contributed by atoms with Gasteiger partial charge in [-0.2, -0.15) is 0 Å². The lowest BCUT2D eigenvalue weighted by atomic mass is 10.1. The minimum atomic E-state index is -0.0356. The third-order valence-electron chi connectivity index (χ3n) is 4.64. The fourth-order valence-electron chi connectivity index (χ4n) is 2.92. The van der Waals surface area contributed by atoms with Crippen LogP contribution in [0.3, 0.4) is 0 Å². The highest BCUT2D eigenvalue weighted by Gasteiger charge is 2.16. The lowest BCUT2D eigenvalue weighted by molar-refractivity contribution is 0.0939. The van der Waals surface area contributed by atoms with Crippen molar-refractivity contribution in [2.45, 2.75) is 50.1 Å². The van der Waals surface area contributed by atoms with Gasteiger partial charge >= 0.3 is 0 Å². The highest BCUT2D eigenvalue weighted by atomic mass is 35.5. The van der Waals surface area contributed by atoms with Crippen LogP contribution < -0.4 is 10.2 Å².